The van der Waals surface area contributed by atoms with Crippen molar-refractivity contribution < 1.29 is 15.4 Å². The van der Waals surface area contributed by atoms with E-state index in [4.69, 9.17) is 9.90 Å². The second-order valence-corrected chi connectivity index (χ2v) is 13.0. The highest BCUT2D eigenvalue weighted by Crippen LogP contribution is 2.48. The van der Waals surface area contributed by atoms with E-state index in [0.29, 0.717) is 27.8 Å². The van der Waals surface area contributed by atoms with Crippen LogP contribution in [0.3, 0.4) is 0 Å². The molecule has 0 fully saturated rings. The van der Waals surface area contributed by atoms with Gasteiger partial charge in [-0.2, -0.15) is 0 Å². The lowest BCUT2D eigenvalue weighted by Gasteiger charge is -2.20. The van der Waals surface area contributed by atoms with E-state index in [-0.39, 0.29) is 45.7 Å². The first kappa shape index (κ1) is 21.4. The van der Waals surface area contributed by atoms with Gasteiger partial charge in [-0.25, -0.2) is 0 Å². The number of hydrogen-bond acceptors (Lipinski definition) is 1. The van der Waals surface area contributed by atoms with Crippen LogP contribution >= 0.6 is 0 Å². The molecule has 1 heterocycles. The third-order valence-electron chi connectivity index (χ3n) is 10.3. The summed E-state index contributed by atoms with van der Waals surface area (Å²) in [5.74, 6) is 0. The number of benzene rings is 10. The summed E-state index contributed by atoms with van der Waals surface area (Å²) in [6.07, 6.45) is 0. The molecule has 0 aliphatic carbocycles. The zero-order valence-corrected chi connectivity index (χ0v) is 27.1. The van der Waals surface area contributed by atoms with E-state index >= 15 is 0 Å². The van der Waals surface area contributed by atoms with E-state index in [0.717, 1.165) is 59.8 Å². The Bertz CT molecular complexity index is 3580. The fourth-order valence-electron chi connectivity index (χ4n) is 8.12. The molecule has 0 spiro atoms. The highest BCUT2D eigenvalue weighted by atomic mass is 16.3. The molecule has 0 aliphatic rings. The third-order valence-corrected chi connectivity index (χ3v) is 10.3. The average Bonchev–Trinajstić information content (AvgIpc) is 3.67. The molecule has 0 aliphatic heterocycles. The lowest BCUT2D eigenvalue weighted by molar-refractivity contribution is 0.669. The predicted molar refractivity (Wildman–Crippen MR) is 218 cm³/mol. The van der Waals surface area contributed by atoms with Gasteiger partial charge in [0.25, 0.3) is 0 Å². The van der Waals surface area contributed by atoms with Crippen molar-refractivity contribution in [1.29, 1.82) is 0 Å². The van der Waals surface area contributed by atoms with Gasteiger partial charge in [0.15, 0.2) is 0 Å². The molecule has 0 saturated heterocycles. The van der Waals surface area contributed by atoms with Crippen molar-refractivity contribution in [1.82, 2.24) is 0 Å². The van der Waals surface area contributed by atoms with Crippen LogP contribution in [0.25, 0.3) is 109 Å². The van der Waals surface area contributed by atoms with Crippen molar-refractivity contribution in [2.75, 3.05) is 0 Å². The lowest BCUT2D eigenvalue weighted by atomic mass is 9.83. The highest BCUT2D eigenvalue weighted by molar-refractivity contribution is 6.26. The minimum absolute atomic E-state index is 0.177. The van der Waals surface area contributed by atoms with Gasteiger partial charge in [0.1, 0.15) is 11.2 Å². The first-order valence-corrected chi connectivity index (χ1v) is 16.9. The van der Waals surface area contributed by atoms with Crippen LogP contribution in [-0.4, -0.2) is 0 Å². The molecule has 0 unspecified atom stereocenters. The molecule has 0 amide bonds. The Morgan fingerprint density at radius 1 is 0.353 bits per heavy atom. The van der Waals surface area contributed by atoms with Gasteiger partial charge in [0.2, 0.25) is 0 Å². The summed E-state index contributed by atoms with van der Waals surface area (Å²) in [5.41, 5.74) is 4.96. The fourth-order valence-corrected chi connectivity index (χ4v) is 8.12. The van der Waals surface area contributed by atoms with Gasteiger partial charge >= 0.3 is 0 Å². The van der Waals surface area contributed by atoms with Gasteiger partial charge in [-0.1, -0.05) is 158 Å². The molecule has 236 valence electrons. The second kappa shape index (κ2) is 10.9. The molecule has 1 heteroatoms. The normalized spacial score (nSPS) is 14.1. The Labute approximate surface area is 305 Å². The molecular formula is C50H30O. The van der Waals surface area contributed by atoms with Crippen molar-refractivity contribution in [3.05, 3.63) is 182 Å². The molecule has 0 N–H and O–H groups in total. The molecule has 51 heavy (non-hydrogen) atoms. The molecule has 0 saturated carbocycles. The summed E-state index contributed by atoms with van der Waals surface area (Å²) in [6, 6.07) is 40.6. The van der Waals surface area contributed by atoms with Gasteiger partial charge in [0.05, 0.1) is 11.0 Å². The molecule has 11 rings (SSSR count). The van der Waals surface area contributed by atoms with Crippen LogP contribution in [-0.2, 0) is 0 Å². The van der Waals surface area contributed by atoms with Crippen molar-refractivity contribution in [3.8, 4) is 33.4 Å². The summed E-state index contributed by atoms with van der Waals surface area (Å²) >= 11 is 0. The van der Waals surface area contributed by atoms with Crippen LogP contribution in [0.2, 0.25) is 0 Å². The molecular weight excluding hydrogens is 617 g/mol. The molecule has 10 aromatic carbocycles. The topological polar surface area (TPSA) is 13.1 Å². The monoisotopic (exact) mass is 654 g/mol. The summed E-state index contributed by atoms with van der Waals surface area (Å²) < 4.78 is 80.5. The molecule has 0 atom stereocenters. The summed E-state index contributed by atoms with van der Waals surface area (Å²) in [6.45, 7) is 0. The first-order valence-electron chi connectivity index (χ1n) is 20.9. The van der Waals surface area contributed by atoms with E-state index in [1.807, 2.05) is 109 Å². The van der Waals surface area contributed by atoms with Crippen molar-refractivity contribution in [2.24, 2.45) is 0 Å². The minimum atomic E-state index is -0.435. The summed E-state index contributed by atoms with van der Waals surface area (Å²) in [5, 5.41) is 8.18. The highest BCUT2D eigenvalue weighted by Gasteiger charge is 2.21. The molecule has 11 aromatic rings. The number of hydrogen-bond donors (Lipinski definition) is 0. The lowest BCUT2D eigenvalue weighted by Crippen LogP contribution is -1.93. The van der Waals surface area contributed by atoms with Gasteiger partial charge in [-0.05, 0) is 112 Å². The Balaban J connectivity index is 1.37. The van der Waals surface area contributed by atoms with Crippen LogP contribution in [0.5, 0.6) is 0 Å². The number of rotatable bonds is 3. The minimum Gasteiger partial charge on any atom is -0.456 e. The number of fused-ring (bicyclic) bond motifs is 9. The standard InChI is InChI=1S/C50H30O/c1-4-17-35-31(13-1)16-11-24-38(35)48-41-22-9-7-20-39(41)47(40-21-8-10-23-42(40)48)34-29-33-15-3-5-18-36(33)44(30-34)43-25-12-26-45-50(43)49-37-19-6-2-14-32(37)27-28-46(49)51-45/h1-30H/i7D,8D,9D,10D,20D,21D,22D,23D. The molecule has 0 radical (unpaired) electrons. The van der Waals surface area contributed by atoms with E-state index in [2.05, 4.69) is 24.3 Å². The Hall–Kier alpha value is -6.70. The number of furan rings is 1. The average molecular weight is 655 g/mol. The second-order valence-electron chi connectivity index (χ2n) is 13.0. The van der Waals surface area contributed by atoms with Crippen molar-refractivity contribution in [3.63, 3.8) is 0 Å². The van der Waals surface area contributed by atoms with Crippen molar-refractivity contribution in [2.45, 2.75) is 0 Å². The molecule has 0 bridgehead atoms. The maximum atomic E-state index is 9.57. The predicted octanol–water partition coefficient (Wildman–Crippen LogP) is 14.4. The Morgan fingerprint density at radius 3 is 1.61 bits per heavy atom. The van der Waals surface area contributed by atoms with Crippen LogP contribution in [0.1, 0.15) is 11.0 Å². The summed E-state index contributed by atoms with van der Waals surface area (Å²) in [7, 11) is 0. The zero-order valence-electron chi connectivity index (χ0n) is 35.1. The van der Waals surface area contributed by atoms with Gasteiger partial charge in [0, 0.05) is 10.8 Å². The Morgan fingerprint density at radius 2 is 0.882 bits per heavy atom. The van der Waals surface area contributed by atoms with Crippen LogP contribution in [0, 0.1) is 0 Å². The van der Waals surface area contributed by atoms with Crippen molar-refractivity contribution >= 4 is 75.8 Å². The zero-order chi connectivity index (χ0) is 40.4. The largest absolute Gasteiger partial charge is 0.456 e. The van der Waals surface area contributed by atoms with E-state index in [1.165, 1.54) is 0 Å². The van der Waals surface area contributed by atoms with Crippen LogP contribution in [0.4, 0.5) is 0 Å². The van der Waals surface area contributed by atoms with E-state index in [9.17, 15) is 5.48 Å². The van der Waals surface area contributed by atoms with Gasteiger partial charge in [-0.3, -0.25) is 0 Å². The maximum absolute atomic E-state index is 9.57. The van der Waals surface area contributed by atoms with E-state index < -0.39 is 24.2 Å². The maximum Gasteiger partial charge on any atom is 0.136 e. The van der Waals surface area contributed by atoms with E-state index in [1.54, 1.807) is 0 Å². The molecule has 1 aromatic heterocycles. The first-order chi connectivity index (χ1) is 28.6. The van der Waals surface area contributed by atoms with Gasteiger partial charge < -0.3 is 4.42 Å². The fraction of sp³-hybridized carbons (Fsp3) is 0. The molecule has 1 nitrogen and oxygen atoms in total. The summed E-state index contributed by atoms with van der Waals surface area (Å²) in [4.78, 5) is 0. The SMILES string of the molecule is [2H]c1c([2H])c([2H])c2c(-c3cccc4ccccc34)c3c([2H])c([2H])c([2H])c([2H])c3c(-c3cc(-c4cccc5oc6ccc7ccccc7c6c45)c4ccccc4c3)c2c1[2H]. The van der Waals surface area contributed by atoms with Crippen LogP contribution in [0.15, 0.2) is 186 Å². The third kappa shape index (κ3) is 4.16. The smallest absolute Gasteiger partial charge is 0.136 e. The van der Waals surface area contributed by atoms with Gasteiger partial charge in [-0.15, -0.1) is 0 Å². The van der Waals surface area contributed by atoms with Crippen LogP contribution < -0.4 is 0 Å². The Kier molecular flexibility index (Phi) is 4.57. The quantitative estimate of drug-likeness (QED) is 0.173.